The lowest BCUT2D eigenvalue weighted by Crippen LogP contribution is -2.39. The summed E-state index contributed by atoms with van der Waals surface area (Å²) in [4.78, 5) is 6.52. The van der Waals surface area contributed by atoms with Gasteiger partial charge in [0.2, 0.25) is 0 Å². The molecule has 0 aliphatic heterocycles. The minimum absolute atomic E-state index is 0.394. The molecule has 3 heterocycles. The van der Waals surface area contributed by atoms with Gasteiger partial charge in [-0.2, -0.15) is 5.10 Å². The number of nitrogens with one attached hydrogen (secondary N) is 1. The van der Waals surface area contributed by atoms with Crippen molar-refractivity contribution < 1.29 is 0 Å². The summed E-state index contributed by atoms with van der Waals surface area (Å²) in [7, 11) is 5.81. The average molecular weight is 368 g/mol. The summed E-state index contributed by atoms with van der Waals surface area (Å²) >= 11 is 0. The SMILES string of the molecule is CN=C(NCCc1nnc2ccccn12)N(C)Cc1cn(C)nc1C(C)C. The first kappa shape index (κ1) is 18.9. The number of pyridine rings is 1. The van der Waals surface area contributed by atoms with Crippen LogP contribution in [0.1, 0.15) is 36.8 Å². The summed E-state index contributed by atoms with van der Waals surface area (Å²) < 4.78 is 3.89. The third-order valence-electron chi connectivity index (χ3n) is 4.48. The first-order chi connectivity index (χ1) is 13.0. The van der Waals surface area contributed by atoms with E-state index in [4.69, 9.17) is 0 Å². The van der Waals surface area contributed by atoms with Crippen LogP contribution in [-0.2, 0) is 20.0 Å². The summed E-state index contributed by atoms with van der Waals surface area (Å²) in [5.74, 6) is 2.18. The molecule has 0 saturated heterocycles. The molecule has 0 radical (unpaired) electrons. The highest BCUT2D eigenvalue weighted by Gasteiger charge is 2.15. The second kappa shape index (κ2) is 8.20. The van der Waals surface area contributed by atoms with E-state index in [0.717, 1.165) is 42.6 Å². The van der Waals surface area contributed by atoms with Crippen LogP contribution < -0.4 is 5.32 Å². The highest BCUT2D eigenvalue weighted by Crippen LogP contribution is 2.18. The van der Waals surface area contributed by atoms with Gasteiger partial charge in [-0.05, 0) is 18.1 Å². The highest BCUT2D eigenvalue weighted by molar-refractivity contribution is 5.79. The molecule has 8 nitrogen and oxygen atoms in total. The van der Waals surface area contributed by atoms with Gasteiger partial charge < -0.3 is 10.2 Å². The Morgan fingerprint density at radius 2 is 2.11 bits per heavy atom. The van der Waals surface area contributed by atoms with E-state index in [1.165, 1.54) is 5.56 Å². The fourth-order valence-electron chi connectivity index (χ4n) is 3.23. The first-order valence-electron chi connectivity index (χ1n) is 9.22. The van der Waals surface area contributed by atoms with E-state index < -0.39 is 0 Å². The Morgan fingerprint density at radius 3 is 2.85 bits per heavy atom. The van der Waals surface area contributed by atoms with Crippen molar-refractivity contribution >= 4 is 11.6 Å². The van der Waals surface area contributed by atoms with Crippen molar-refractivity contribution in [2.75, 3.05) is 20.6 Å². The Labute approximate surface area is 159 Å². The lowest BCUT2D eigenvalue weighted by Gasteiger charge is -2.22. The summed E-state index contributed by atoms with van der Waals surface area (Å²) in [6.45, 7) is 5.83. The molecule has 8 heteroatoms. The van der Waals surface area contributed by atoms with Gasteiger partial charge in [-0.25, -0.2) is 0 Å². The Kier molecular flexibility index (Phi) is 5.73. The Bertz CT molecular complexity index is 921. The van der Waals surface area contributed by atoms with Crippen LogP contribution in [0.15, 0.2) is 35.6 Å². The maximum atomic E-state index is 4.58. The fraction of sp³-hybridized carbons (Fsp3) is 0.474. The largest absolute Gasteiger partial charge is 0.356 e. The number of rotatable bonds is 6. The molecule has 0 amide bonds. The number of guanidine groups is 1. The molecule has 0 aliphatic rings. The second-order valence-electron chi connectivity index (χ2n) is 6.99. The van der Waals surface area contributed by atoms with E-state index in [-0.39, 0.29) is 0 Å². The molecule has 0 aliphatic carbocycles. The highest BCUT2D eigenvalue weighted by atomic mass is 15.3. The Hall–Kier alpha value is -2.90. The van der Waals surface area contributed by atoms with Crippen molar-refractivity contribution in [3.8, 4) is 0 Å². The average Bonchev–Trinajstić information content (AvgIpc) is 3.22. The lowest BCUT2D eigenvalue weighted by molar-refractivity contribution is 0.473. The number of aliphatic imine (C=N–C) groups is 1. The van der Waals surface area contributed by atoms with Gasteiger partial charge >= 0.3 is 0 Å². The third-order valence-corrected chi connectivity index (χ3v) is 4.48. The maximum absolute atomic E-state index is 4.58. The van der Waals surface area contributed by atoms with Gasteiger partial charge in [0.25, 0.3) is 0 Å². The molecule has 144 valence electrons. The van der Waals surface area contributed by atoms with Crippen LogP contribution in [0.4, 0.5) is 0 Å². The molecule has 0 bridgehead atoms. The summed E-state index contributed by atoms with van der Waals surface area (Å²) in [6.07, 6.45) is 4.84. The standard InChI is InChI=1S/C19H28N8/c1-14(2)18-15(13-26(5)24-18)12-25(4)19(20-3)21-10-9-17-23-22-16-8-6-7-11-27(16)17/h6-8,11,13-14H,9-10,12H2,1-5H3,(H,20,21). The molecule has 0 aromatic carbocycles. The minimum atomic E-state index is 0.394. The number of hydrogen-bond donors (Lipinski definition) is 1. The van der Waals surface area contributed by atoms with Crippen molar-refractivity contribution in [3.05, 3.63) is 47.7 Å². The topological polar surface area (TPSA) is 75.6 Å². The van der Waals surface area contributed by atoms with E-state index >= 15 is 0 Å². The quantitative estimate of drug-likeness (QED) is 0.531. The fourth-order valence-corrected chi connectivity index (χ4v) is 3.23. The maximum Gasteiger partial charge on any atom is 0.193 e. The van der Waals surface area contributed by atoms with Gasteiger partial charge in [0.15, 0.2) is 11.6 Å². The number of aryl methyl sites for hydroxylation is 1. The molecular weight excluding hydrogens is 340 g/mol. The molecule has 0 fully saturated rings. The minimum Gasteiger partial charge on any atom is -0.356 e. The van der Waals surface area contributed by atoms with Crippen LogP contribution in [0.25, 0.3) is 5.65 Å². The van der Waals surface area contributed by atoms with Gasteiger partial charge in [-0.3, -0.25) is 14.1 Å². The van der Waals surface area contributed by atoms with Crippen molar-refractivity contribution in [1.29, 1.82) is 0 Å². The molecular formula is C19H28N8. The lowest BCUT2D eigenvalue weighted by atomic mass is 10.1. The molecule has 0 saturated carbocycles. The smallest absolute Gasteiger partial charge is 0.193 e. The number of fused-ring (bicyclic) bond motifs is 1. The molecule has 3 aromatic heterocycles. The normalized spacial score (nSPS) is 12.1. The monoisotopic (exact) mass is 368 g/mol. The predicted octanol–water partition coefficient (Wildman–Crippen LogP) is 1.84. The number of nitrogens with zero attached hydrogens (tertiary/aromatic N) is 7. The van der Waals surface area contributed by atoms with Crippen LogP contribution in [0, 0.1) is 0 Å². The van der Waals surface area contributed by atoms with E-state index in [1.807, 2.05) is 47.6 Å². The molecule has 3 rings (SSSR count). The van der Waals surface area contributed by atoms with Crippen molar-refractivity contribution in [3.63, 3.8) is 0 Å². The summed E-state index contributed by atoms with van der Waals surface area (Å²) in [5, 5.41) is 16.5. The van der Waals surface area contributed by atoms with Crippen LogP contribution in [0.3, 0.4) is 0 Å². The summed E-state index contributed by atoms with van der Waals surface area (Å²) in [5.41, 5.74) is 3.22. The zero-order valence-corrected chi connectivity index (χ0v) is 16.7. The molecule has 27 heavy (non-hydrogen) atoms. The van der Waals surface area contributed by atoms with Crippen LogP contribution >= 0.6 is 0 Å². The van der Waals surface area contributed by atoms with Gasteiger partial charge in [0, 0.05) is 58.6 Å². The van der Waals surface area contributed by atoms with Crippen molar-refractivity contribution in [1.82, 2.24) is 34.6 Å². The predicted molar refractivity (Wildman–Crippen MR) is 107 cm³/mol. The third kappa shape index (κ3) is 4.27. The van der Waals surface area contributed by atoms with Crippen molar-refractivity contribution in [2.45, 2.75) is 32.7 Å². The first-order valence-corrected chi connectivity index (χ1v) is 9.22. The molecule has 1 N–H and O–H groups in total. The van der Waals surface area contributed by atoms with E-state index in [1.54, 1.807) is 7.05 Å². The van der Waals surface area contributed by atoms with Gasteiger partial charge in [-0.1, -0.05) is 19.9 Å². The van der Waals surface area contributed by atoms with E-state index in [0.29, 0.717) is 5.92 Å². The molecule has 0 spiro atoms. The second-order valence-corrected chi connectivity index (χ2v) is 6.99. The van der Waals surface area contributed by atoms with Crippen LogP contribution in [0.5, 0.6) is 0 Å². The van der Waals surface area contributed by atoms with Gasteiger partial charge in [-0.15, -0.1) is 10.2 Å². The zero-order chi connectivity index (χ0) is 19.4. The molecule has 0 atom stereocenters. The number of aromatic nitrogens is 5. The van der Waals surface area contributed by atoms with E-state index in [2.05, 4.69) is 50.5 Å². The van der Waals surface area contributed by atoms with Gasteiger partial charge in [0.1, 0.15) is 5.82 Å². The van der Waals surface area contributed by atoms with Crippen LogP contribution in [-0.4, -0.2) is 55.9 Å². The summed E-state index contributed by atoms with van der Waals surface area (Å²) in [6, 6.07) is 5.91. The number of hydrogen-bond acceptors (Lipinski definition) is 4. The van der Waals surface area contributed by atoms with Crippen molar-refractivity contribution in [2.24, 2.45) is 12.0 Å². The van der Waals surface area contributed by atoms with E-state index in [9.17, 15) is 0 Å². The molecule has 0 unspecified atom stereocenters. The van der Waals surface area contributed by atoms with Gasteiger partial charge in [0.05, 0.1) is 5.69 Å². The Morgan fingerprint density at radius 1 is 1.30 bits per heavy atom. The Balaban J connectivity index is 1.60. The zero-order valence-electron chi connectivity index (χ0n) is 16.7. The van der Waals surface area contributed by atoms with Crippen LogP contribution in [0.2, 0.25) is 0 Å². The molecule has 3 aromatic rings.